The zero-order chi connectivity index (χ0) is 21.8. The first-order valence-corrected chi connectivity index (χ1v) is 5.15. The summed E-state index contributed by atoms with van der Waals surface area (Å²) < 4.78 is 199. The summed E-state index contributed by atoms with van der Waals surface area (Å²) in [6.07, 6.45) is -15.5. The summed E-state index contributed by atoms with van der Waals surface area (Å²) in [5.74, 6) is -38.1. The Balaban J connectivity index is -0.00000312. The van der Waals surface area contributed by atoms with Gasteiger partial charge in [0.15, 0.2) is 0 Å². The SMILES string of the molecule is O=C(OF)C(F)(C(F)(F)C(F)(F)F)C(F)(F)C(F)(F)C(F)(F)C(F)(F)F.[H-].[K+]. The van der Waals surface area contributed by atoms with Crippen molar-refractivity contribution in [1.29, 1.82) is 0 Å². The fourth-order valence-electron chi connectivity index (χ4n) is 1.29. The van der Waals surface area contributed by atoms with Crippen molar-refractivity contribution in [3.63, 3.8) is 0 Å². The summed E-state index contributed by atoms with van der Waals surface area (Å²) in [7, 11) is 0. The number of alkyl halides is 15. The van der Waals surface area contributed by atoms with Crippen molar-refractivity contribution in [3.05, 3.63) is 0 Å². The number of carbonyl (C=O) groups excluding carboxylic acids is 1. The molecule has 0 saturated heterocycles. The number of halogens is 16. The fourth-order valence-corrected chi connectivity index (χ4v) is 1.29. The Labute approximate surface area is 180 Å². The minimum Gasteiger partial charge on any atom is -1.00 e. The van der Waals surface area contributed by atoms with Crippen LogP contribution in [0.25, 0.3) is 0 Å². The summed E-state index contributed by atoms with van der Waals surface area (Å²) >= 11 is 0. The van der Waals surface area contributed by atoms with Crippen molar-refractivity contribution >= 4 is 5.97 Å². The van der Waals surface area contributed by atoms with Crippen LogP contribution in [0.3, 0.4) is 0 Å². The summed E-state index contributed by atoms with van der Waals surface area (Å²) in [6, 6.07) is 0. The second kappa shape index (κ2) is 7.67. The molecule has 1 unspecified atom stereocenters. The quantitative estimate of drug-likeness (QED) is 0.452. The van der Waals surface area contributed by atoms with E-state index in [-0.39, 0.29) is 52.8 Å². The molecule has 0 heterocycles. The van der Waals surface area contributed by atoms with Crippen LogP contribution < -0.4 is 51.4 Å². The van der Waals surface area contributed by atoms with Crippen molar-refractivity contribution in [2.45, 2.75) is 41.7 Å². The Kier molecular flexibility index (Phi) is 8.29. The predicted octanol–water partition coefficient (Wildman–Crippen LogP) is 1.90. The molecule has 0 saturated carbocycles. The van der Waals surface area contributed by atoms with E-state index in [0.29, 0.717) is 0 Å². The van der Waals surface area contributed by atoms with Gasteiger partial charge < -0.3 is 1.43 Å². The largest absolute Gasteiger partial charge is 1.00 e. The van der Waals surface area contributed by atoms with E-state index in [4.69, 9.17) is 0 Å². The van der Waals surface area contributed by atoms with Crippen LogP contribution in [-0.4, -0.2) is 47.7 Å². The Morgan fingerprint density at radius 2 is 0.852 bits per heavy atom. The Morgan fingerprint density at radius 1 is 0.556 bits per heavy atom. The molecule has 0 aromatic heterocycles. The molecule has 27 heavy (non-hydrogen) atoms. The molecular weight excluding hydrogens is 471 g/mol. The molecule has 19 heteroatoms. The third kappa shape index (κ3) is 3.89. The first-order valence-electron chi connectivity index (χ1n) is 5.15. The van der Waals surface area contributed by atoms with E-state index in [9.17, 15) is 75.2 Å². The summed E-state index contributed by atoms with van der Waals surface area (Å²) in [5, 5.41) is 0. The van der Waals surface area contributed by atoms with Gasteiger partial charge in [-0.25, -0.2) is 9.18 Å². The molecule has 0 aromatic carbocycles. The number of hydrogen-bond acceptors (Lipinski definition) is 2. The van der Waals surface area contributed by atoms with Gasteiger partial charge in [-0.2, -0.15) is 61.5 Å². The summed E-state index contributed by atoms with van der Waals surface area (Å²) in [4.78, 5) is 11.5. The van der Waals surface area contributed by atoms with Crippen LogP contribution in [0.5, 0.6) is 0 Å². The molecule has 0 aliphatic carbocycles. The minimum atomic E-state index is -8.50. The molecule has 1 atom stereocenters. The van der Waals surface area contributed by atoms with Gasteiger partial charge in [0.25, 0.3) is 0 Å². The van der Waals surface area contributed by atoms with Crippen molar-refractivity contribution in [3.8, 4) is 0 Å². The molecule has 0 aliphatic heterocycles. The smallest absolute Gasteiger partial charge is 1.00 e. The first kappa shape index (κ1) is 29.2. The van der Waals surface area contributed by atoms with Gasteiger partial charge in [-0.05, 0) is 0 Å². The molecular formula is C8HF16KO2. The molecule has 0 bridgehead atoms. The Bertz CT molecular complexity index is 556. The van der Waals surface area contributed by atoms with E-state index in [1.807, 2.05) is 0 Å². The van der Waals surface area contributed by atoms with Crippen molar-refractivity contribution in [2.75, 3.05) is 0 Å². The van der Waals surface area contributed by atoms with Crippen LogP contribution in [0, 0.1) is 0 Å². The molecule has 0 aromatic rings. The number of carbonyl (C=O) groups is 1. The van der Waals surface area contributed by atoms with Crippen LogP contribution >= 0.6 is 0 Å². The van der Waals surface area contributed by atoms with Gasteiger partial charge in [0.2, 0.25) is 0 Å². The monoisotopic (exact) mass is 472 g/mol. The molecule has 0 rings (SSSR count). The average Bonchev–Trinajstić information content (AvgIpc) is 2.41. The maximum Gasteiger partial charge on any atom is 1.00 e. The predicted molar refractivity (Wildman–Crippen MR) is 44.0 cm³/mol. The molecule has 0 amide bonds. The topological polar surface area (TPSA) is 26.3 Å². The van der Waals surface area contributed by atoms with Gasteiger partial charge in [0, 0.05) is 4.53 Å². The van der Waals surface area contributed by atoms with Gasteiger partial charge in [0.05, 0.1) is 0 Å². The zero-order valence-electron chi connectivity index (χ0n) is 12.9. The molecule has 0 aliphatic rings. The molecule has 0 fully saturated rings. The van der Waals surface area contributed by atoms with E-state index in [1.165, 1.54) is 4.94 Å². The summed E-state index contributed by atoms with van der Waals surface area (Å²) in [5.41, 5.74) is -8.06. The first-order chi connectivity index (χ1) is 11.0. The number of hydrogen-bond donors (Lipinski definition) is 0. The van der Waals surface area contributed by atoms with Crippen LogP contribution in [0.1, 0.15) is 1.43 Å². The average molecular weight is 472 g/mol. The van der Waals surface area contributed by atoms with Crippen LogP contribution in [0.15, 0.2) is 0 Å². The third-order valence-corrected chi connectivity index (χ3v) is 2.72. The molecule has 2 nitrogen and oxygen atoms in total. The van der Waals surface area contributed by atoms with Gasteiger partial charge in [0.1, 0.15) is 0 Å². The van der Waals surface area contributed by atoms with Gasteiger partial charge in [-0.15, -0.1) is 0 Å². The van der Waals surface area contributed by atoms with E-state index >= 15 is 0 Å². The van der Waals surface area contributed by atoms with Crippen LogP contribution in [-0.2, 0) is 9.74 Å². The van der Waals surface area contributed by atoms with Crippen molar-refractivity contribution in [1.82, 2.24) is 0 Å². The van der Waals surface area contributed by atoms with Crippen LogP contribution in [0.2, 0.25) is 0 Å². The summed E-state index contributed by atoms with van der Waals surface area (Å²) in [6.45, 7) is 0. The minimum absolute atomic E-state index is 0. The van der Waals surface area contributed by atoms with Gasteiger partial charge in [-0.3, -0.25) is 4.94 Å². The zero-order valence-corrected chi connectivity index (χ0v) is 15.0. The molecule has 0 spiro atoms. The van der Waals surface area contributed by atoms with E-state index < -0.39 is 47.7 Å². The van der Waals surface area contributed by atoms with Crippen molar-refractivity contribution < 1.29 is 133 Å². The van der Waals surface area contributed by atoms with E-state index in [0.717, 1.165) is 0 Å². The normalized spacial score (nSPS) is 17.0. The fraction of sp³-hybridized carbons (Fsp3) is 0.875. The standard InChI is InChI=1S/C8F16O2.K.H/c9-2(1(25)26-24,4(12,13)7(18,19)20)3(10,11)5(14,15)6(16,17)8(21,22)23;;/q;+1;-1. The Morgan fingerprint density at radius 3 is 1.07 bits per heavy atom. The van der Waals surface area contributed by atoms with E-state index in [2.05, 4.69) is 0 Å². The second-order valence-electron chi connectivity index (χ2n) is 4.32. The Hall–Kier alpha value is -0.0136. The maximum absolute atomic E-state index is 13.5. The third-order valence-electron chi connectivity index (χ3n) is 2.72. The van der Waals surface area contributed by atoms with E-state index in [1.54, 1.807) is 0 Å². The van der Waals surface area contributed by atoms with Crippen molar-refractivity contribution in [2.24, 2.45) is 0 Å². The van der Waals surface area contributed by atoms with Gasteiger partial charge in [-0.1, -0.05) is 0 Å². The second-order valence-corrected chi connectivity index (χ2v) is 4.32. The molecule has 158 valence electrons. The van der Waals surface area contributed by atoms with Gasteiger partial charge >= 0.3 is 99.1 Å². The maximum atomic E-state index is 13.5. The van der Waals surface area contributed by atoms with Crippen LogP contribution in [0.4, 0.5) is 70.4 Å². The number of rotatable bonds is 5. The molecule has 0 N–H and O–H groups in total. The molecule has 0 radical (unpaired) electrons.